The summed E-state index contributed by atoms with van der Waals surface area (Å²) in [7, 11) is 0. The zero-order chi connectivity index (χ0) is 15.4. The average Bonchev–Trinajstić information content (AvgIpc) is 2.42. The number of hydrogen-bond donors (Lipinski definition) is 2. The van der Waals surface area contributed by atoms with Crippen LogP contribution < -0.4 is 16.6 Å². The molecule has 0 atom stereocenters. The van der Waals surface area contributed by atoms with Crippen molar-refractivity contribution in [2.75, 3.05) is 5.73 Å². The monoisotopic (exact) mass is 306 g/mol. The van der Waals surface area contributed by atoms with E-state index in [1.54, 1.807) is 13.0 Å². The zero-order valence-corrected chi connectivity index (χ0v) is 12.2. The molecule has 0 aliphatic heterocycles. The molecule has 1 heterocycles. The van der Waals surface area contributed by atoms with Crippen molar-refractivity contribution in [2.45, 2.75) is 20.0 Å². The third-order valence-corrected chi connectivity index (χ3v) is 3.27. The second-order valence-corrected chi connectivity index (χ2v) is 4.96. The van der Waals surface area contributed by atoms with Gasteiger partial charge in [-0.15, -0.1) is 0 Å². The first-order chi connectivity index (χ1) is 9.97. The van der Waals surface area contributed by atoms with Crippen molar-refractivity contribution in [3.05, 3.63) is 57.0 Å². The molecule has 0 radical (unpaired) electrons. The van der Waals surface area contributed by atoms with Gasteiger partial charge in [0, 0.05) is 23.3 Å². The Balaban J connectivity index is 2.03. The van der Waals surface area contributed by atoms with Gasteiger partial charge in [-0.2, -0.15) is 0 Å². The van der Waals surface area contributed by atoms with Crippen molar-refractivity contribution in [2.24, 2.45) is 0 Å². The van der Waals surface area contributed by atoms with E-state index >= 15 is 0 Å². The molecule has 110 valence electrons. The van der Waals surface area contributed by atoms with E-state index in [4.69, 9.17) is 17.3 Å². The second kappa shape index (κ2) is 6.41. The predicted octanol–water partition coefficient (Wildman–Crippen LogP) is 1.10. The van der Waals surface area contributed by atoms with Crippen LogP contribution in [0.1, 0.15) is 11.3 Å². The van der Waals surface area contributed by atoms with Crippen LogP contribution >= 0.6 is 11.6 Å². The minimum Gasteiger partial charge on any atom is -0.369 e. The SMILES string of the molecule is Cc1cc(=O)n(CC(=O)NCc2ccccc2Cl)c(N)n1. The van der Waals surface area contributed by atoms with Gasteiger partial charge in [-0.1, -0.05) is 29.8 Å². The molecular formula is C14H15ClN4O2. The normalized spacial score (nSPS) is 10.4. The summed E-state index contributed by atoms with van der Waals surface area (Å²) < 4.78 is 1.12. The minimum atomic E-state index is -0.354. The first kappa shape index (κ1) is 15.1. The number of amides is 1. The molecule has 0 aliphatic carbocycles. The predicted molar refractivity (Wildman–Crippen MR) is 80.9 cm³/mol. The van der Waals surface area contributed by atoms with Gasteiger partial charge in [-0.05, 0) is 18.6 Å². The Morgan fingerprint density at radius 2 is 2.14 bits per heavy atom. The lowest BCUT2D eigenvalue weighted by molar-refractivity contribution is -0.121. The Morgan fingerprint density at radius 1 is 1.43 bits per heavy atom. The first-order valence-corrected chi connectivity index (χ1v) is 6.69. The van der Waals surface area contributed by atoms with Crippen LogP contribution in [0.3, 0.4) is 0 Å². The molecule has 1 aromatic heterocycles. The number of halogens is 1. The van der Waals surface area contributed by atoms with Crippen LogP contribution in [0.5, 0.6) is 0 Å². The van der Waals surface area contributed by atoms with Crippen LogP contribution in [0.25, 0.3) is 0 Å². The molecule has 3 N–H and O–H groups in total. The van der Waals surface area contributed by atoms with E-state index in [1.807, 2.05) is 18.2 Å². The summed E-state index contributed by atoms with van der Waals surface area (Å²) in [6.07, 6.45) is 0. The molecule has 21 heavy (non-hydrogen) atoms. The number of aromatic nitrogens is 2. The molecule has 0 fully saturated rings. The second-order valence-electron chi connectivity index (χ2n) is 4.55. The lowest BCUT2D eigenvalue weighted by Gasteiger charge is -2.10. The van der Waals surface area contributed by atoms with Crippen LogP contribution in [-0.2, 0) is 17.9 Å². The summed E-state index contributed by atoms with van der Waals surface area (Å²) in [6.45, 7) is 1.77. The van der Waals surface area contributed by atoms with Crippen LogP contribution in [0.2, 0.25) is 5.02 Å². The van der Waals surface area contributed by atoms with Crippen LogP contribution in [-0.4, -0.2) is 15.5 Å². The van der Waals surface area contributed by atoms with E-state index in [0.29, 0.717) is 10.7 Å². The number of aryl methyl sites for hydroxylation is 1. The Hall–Kier alpha value is -2.34. The molecule has 7 heteroatoms. The third kappa shape index (κ3) is 3.82. The lowest BCUT2D eigenvalue weighted by atomic mass is 10.2. The standard InChI is InChI=1S/C14H15ClN4O2/c1-9-6-13(21)19(14(16)18-9)8-12(20)17-7-10-4-2-3-5-11(10)15/h2-6H,7-8H2,1H3,(H2,16,18)(H,17,20). The van der Waals surface area contributed by atoms with Crippen molar-refractivity contribution in [3.63, 3.8) is 0 Å². The fraction of sp³-hybridized carbons (Fsp3) is 0.214. The Kier molecular flexibility index (Phi) is 4.59. The van der Waals surface area contributed by atoms with E-state index in [0.717, 1.165) is 10.1 Å². The maximum Gasteiger partial charge on any atom is 0.255 e. The molecule has 0 saturated carbocycles. The topological polar surface area (TPSA) is 90.0 Å². The molecule has 0 bridgehead atoms. The van der Waals surface area contributed by atoms with Gasteiger partial charge in [0.05, 0.1) is 0 Å². The van der Waals surface area contributed by atoms with Gasteiger partial charge in [-0.25, -0.2) is 4.98 Å². The van der Waals surface area contributed by atoms with E-state index in [2.05, 4.69) is 10.3 Å². The third-order valence-electron chi connectivity index (χ3n) is 2.90. The lowest BCUT2D eigenvalue weighted by Crippen LogP contribution is -2.33. The van der Waals surface area contributed by atoms with Crippen molar-refractivity contribution < 1.29 is 4.79 Å². The number of benzene rings is 1. The van der Waals surface area contributed by atoms with Crippen molar-refractivity contribution in [1.29, 1.82) is 0 Å². The number of anilines is 1. The van der Waals surface area contributed by atoms with Gasteiger partial charge in [0.25, 0.3) is 5.56 Å². The minimum absolute atomic E-state index is 0.0212. The maximum absolute atomic E-state index is 11.9. The number of nitrogens with two attached hydrogens (primary N) is 1. The highest BCUT2D eigenvalue weighted by Crippen LogP contribution is 2.14. The van der Waals surface area contributed by atoms with E-state index in [1.165, 1.54) is 6.07 Å². The molecular weight excluding hydrogens is 292 g/mol. The average molecular weight is 307 g/mol. The Labute approximate surface area is 126 Å². The molecule has 6 nitrogen and oxygen atoms in total. The number of rotatable bonds is 4. The van der Waals surface area contributed by atoms with E-state index in [-0.39, 0.29) is 30.5 Å². The van der Waals surface area contributed by atoms with Crippen LogP contribution in [0.4, 0.5) is 5.95 Å². The number of carbonyl (C=O) groups excluding carboxylic acids is 1. The van der Waals surface area contributed by atoms with Crippen LogP contribution in [0, 0.1) is 6.92 Å². The Bertz CT molecular complexity index is 727. The summed E-state index contributed by atoms with van der Waals surface area (Å²) in [5, 5.41) is 3.27. The van der Waals surface area contributed by atoms with Crippen molar-refractivity contribution in [3.8, 4) is 0 Å². The fourth-order valence-corrected chi connectivity index (χ4v) is 2.04. The summed E-state index contributed by atoms with van der Waals surface area (Å²) >= 11 is 6.00. The van der Waals surface area contributed by atoms with Gasteiger partial charge in [0.1, 0.15) is 6.54 Å². The Morgan fingerprint density at radius 3 is 2.81 bits per heavy atom. The molecule has 1 aromatic carbocycles. The van der Waals surface area contributed by atoms with Crippen molar-refractivity contribution >= 4 is 23.5 Å². The highest BCUT2D eigenvalue weighted by Gasteiger charge is 2.09. The molecule has 0 spiro atoms. The highest BCUT2D eigenvalue weighted by molar-refractivity contribution is 6.31. The van der Waals surface area contributed by atoms with Gasteiger partial charge in [0.2, 0.25) is 11.9 Å². The molecule has 1 amide bonds. The number of carbonyl (C=O) groups is 1. The molecule has 2 rings (SSSR count). The number of nitrogens with zero attached hydrogens (tertiary/aromatic N) is 2. The largest absolute Gasteiger partial charge is 0.369 e. The highest BCUT2D eigenvalue weighted by atomic mass is 35.5. The van der Waals surface area contributed by atoms with Crippen molar-refractivity contribution in [1.82, 2.24) is 14.9 Å². The fourth-order valence-electron chi connectivity index (χ4n) is 1.84. The maximum atomic E-state index is 11.9. The van der Waals surface area contributed by atoms with Crippen LogP contribution in [0.15, 0.2) is 35.1 Å². The quantitative estimate of drug-likeness (QED) is 0.885. The van der Waals surface area contributed by atoms with Gasteiger partial charge < -0.3 is 11.1 Å². The summed E-state index contributed by atoms with van der Waals surface area (Å²) in [5.74, 6) is -0.317. The molecule has 2 aromatic rings. The number of hydrogen-bond acceptors (Lipinski definition) is 4. The molecule has 0 saturated heterocycles. The summed E-state index contributed by atoms with van der Waals surface area (Å²) in [4.78, 5) is 27.6. The van der Waals surface area contributed by atoms with E-state index < -0.39 is 0 Å². The first-order valence-electron chi connectivity index (χ1n) is 6.31. The van der Waals surface area contributed by atoms with Gasteiger partial charge >= 0.3 is 0 Å². The van der Waals surface area contributed by atoms with Gasteiger partial charge in [-0.3, -0.25) is 14.2 Å². The zero-order valence-electron chi connectivity index (χ0n) is 11.5. The smallest absolute Gasteiger partial charge is 0.255 e. The molecule has 0 unspecified atom stereocenters. The summed E-state index contributed by atoms with van der Waals surface area (Å²) in [5.41, 5.74) is 6.62. The number of nitrogens with one attached hydrogen (secondary N) is 1. The molecule has 0 aliphatic rings. The van der Waals surface area contributed by atoms with Gasteiger partial charge in [0.15, 0.2) is 0 Å². The summed E-state index contributed by atoms with van der Waals surface area (Å²) in [6, 6.07) is 8.54. The number of nitrogen functional groups attached to an aromatic ring is 1. The van der Waals surface area contributed by atoms with E-state index in [9.17, 15) is 9.59 Å².